The van der Waals surface area contributed by atoms with E-state index in [2.05, 4.69) is 26.3 Å². The van der Waals surface area contributed by atoms with E-state index in [9.17, 15) is 0 Å². The Morgan fingerprint density at radius 2 is 0.875 bits per heavy atom. The van der Waals surface area contributed by atoms with Crippen LogP contribution in [0.4, 0.5) is 0 Å². The molecule has 0 heterocycles. The molecule has 2 nitrogen and oxygen atoms in total. The van der Waals surface area contributed by atoms with Gasteiger partial charge in [0.25, 0.3) is 0 Å². The number of unbranched alkanes of at least 4 members (excludes halogenated alkanes) is 3. The third kappa shape index (κ3) is 6.93. The van der Waals surface area contributed by atoms with Gasteiger partial charge in [0.05, 0.1) is 0 Å². The van der Waals surface area contributed by atoms with Crippen LogP contribution in [0.1, 0.15) is 25.7 Å². The van der Waals surface area contributed by atoms with Crippen molar-refractivity contribution in [2.75, 3.05) is 13.1 Å². The Balaban J connectivity index is 3.39. The summed E-state index contributed by atoms with van der Waals surface area (Å²) in [5.41, 5.74) is 0. The molecular formula is C14H24N2. The average molecular weight is 220 g/mol. The molecule has 0 saturated carbocycles. The lowest BCUT2D eigenvalue weighted by Crippen LogP contribution is -2.11. The molecule has 0 bridgehead atoms. The Hall–Kier alpha value is -1.44. The predicted molar refractivity (Wildman–Crippen MR) is 72.7 cm³/mol. The lowest BCUT2D eigenvalue weighted by Gasteiger charge is -2.15. The third-order valence-corrected chi connectivity index (χ3v) is 2.52. The van der Waals surface area contributed by atoms with Gasteiger partial charge >= 0.3 is 0 Å². The van der Waals surface area contributed by atoms with E-state index in [0.717, 1.165) is 13.1 Å². The van der Waals surface area contributed by atoms with Crippen molar-refractivity contribution in [2.24, 2.45) is 0 Å². The van der Waals surface area contributed by atoms with Crippen molar-refractivity contribution in [3.8, 4) is 0 Å². The van der Waals surface area contributed by atoms with Gasteiger partial charge in [0.15, 0.2) is 0 Å². The molecule has 2 heteroatoms. The monoisotopic (exact) mass is 220 g/mol. The smallest absolute Gasteiger partial charge is 0.0219 e. The quantitative estimate of drug-likeness (QED) is 0.490. The van der Waals surface area contributed by atoms with Crippen LogP contribution in [0.2, 0.25) is 0 Å². The molecule has 0 unspecified atom stereocenters. The van der Waals surface area contributed by atoms with Crippen LogP contribution in [0.15, 0.2) is 51.1 Å². The first kappa shape index (κ1) is 14.6. The molecule has 0 fully saturated rings. The second-order valence-electron chi connectivity index (χ2n) is 3.62. The van der Waals surface area contributed by atoms with Crippen molar-refractivity contribution < 1.29 is 0 Å². The zero-order chi connectivity index (χ0) is 12.2. The highest BCUT2D eigenvalue weighted by atomic mass is 15.1. The predicted octanol–water partition coefficient (Wildman–Crippen LogP) is 3.72. The van der Waals surface area contributed by atoms with Crippen LogP contribution >= 0.6 is 0 Å². The van der Waals surface area contributed by atoms with Crippen LogP contribution in [-0.2, 0) is 0 Å². The van der Waals surface area contributed by atoms with Crippen molar-refractivity contribution in [3.63, 3.8) is 0 Å². The van der Waals surface area contributed by atoms with Crippen molar-refractivity contribution in [1.82, 2.24) is 9.80 Å². The van der Waals surface area contributed by atoms with Crippen LogP contribution in [-0.4, -0.2) is 22.9 Å². The van der Waals surface area contributed by atoms with Crippen LogP contribution < -0.4 is 0 Å². The summed E-state index contributed by atoms with van der Waals surface area (Å²) in [5.74, 6) is 0. The van der Waals surface area contributed by atoms with Crippen LogP contribution in [0.5, 0.6) is 0 Å². The first-order valence-electron chi connectivity index (χ1n) is 5.80. The topological polar surface area (TPSA) is 6.48 Å². The number of hydrogen-bond donors (Lipinski definition) is 0. The maximum atomic E-state index is 3.72. The second kappa shape index (κ2) is 10.1. The van der Waals surface area contributed by atoms with Gasteiger partial charge in [-0.25, -0.2) is 0 Å². The standard InChI is InChI=1S/C14H24N2/c1-5-15(6-2)13-11-9-10-12-14-16(7-3)8-4/h5-8H,1-4,9-14H2. The van der Waals surface area contributed by atoms with Crippen molar-refractivity contribution in [2.45, 2.75) is 25.7 Å². The summed E-state index contributed by atoms with van der Waals surface area (Å²) in [4.78, 5) is 4.03. The Labute approximate surface area is 100 Å². The second-order valence-corrected chi connectivity index (χ2v) is 3.62. The van der Waals surface area contributed by atoms with Gasteiger partial charge < -0.3 is 9.80 Å². The number of nitrogens with zero attached hydrogens (tertiary/aromatic N) is 2. The summed E-state index contributed by atoms with van der Waals surface area (Å²) in [6.45, 7) is 16.9. The molecule has 0 saturated heterocycles. The molecule has 0 radical (unpaired) electrons. The van der Waals surface area contributed by atoms with Crippen molar-refractivity contribution >= 4 is 0 Å². The van der Waals surface area contributed by atoms with Gasteiger partial charge in [-0.15, -0.1) is 0 Å². The molecule has 0 aliphatic carbocycles. The summed E-state index contributed by atoms with van der Waals surface area (Å²) in [6, 6.07) is 0. The van der Waals surface area contributed by atoms with Gasteiger partial charge in [-0.3, -0.25) is 0 Å². The van der Waals surface area contributed by atoms with Gasteiger partial charge in [0, 0.05) is 13.1 Å². The fourth-order valence-corrected chi connectivity index (χ4v) is 1.46. The molecule has 16 heavy (non-hydrogen) atoms. The summed E-state index contributed by atoms with van der Waals surface area (Å²) < 4.78 is 0. The van der Waals surface area contributed by atoms with E-state index >= 15 is 0 Å². The van der Waals surface area contributed by atoms with Crippen molar-refractivity contribution in [1.29, 1.82) is 0 Å². The van der Waals surface area contributed by atoms with E-state index in [0.29, 0.717) is 0 Å². The molecule has 0 aliphatic rings. The fourth-order valence-electron chi connectivity index (χ4n) is 1.46. The lowest BCUT2D eigenvalue weighted by atomic mass is 10.2. The highest BCUT2D eigenvalue weighted by Crippen LogP contribution is 2.04. The molecule has 0 N–H and O–H groups in total. The first-order chi connectivity index (χ1) is 7.78. The molecule has 0 atom stereocenters. The molecule has 0 amide bonds. The summed E-state index contributed by atoms with van der Waals surface area (Å²) in [5, 5.41) is 0. The Morgan fingerprint density at radius 1 is 0.562 bits per heavy atom. The van der Waals surface area contributed by atoms with Gasteiger partial charge in [-0.2, -0.15) is 0 Å². The molecule has 0 aromatic rings. The number of rotatable bonds is 11. The molecular weight excluding hydrogens is 196 g/mol. The van der Waals surface area contributed by atoms with Gasteiger partial charge in [-0.1, -0.05) is 39.2 Å². The minimum atomic E-state index is 1.01. The van der Waals surface area contributed by atoms with E-state index in [-0.39, 0.29) is 0 Å². The van der Waals surface area contributed by atoms with Crippen LogP contribution in [0.3, 0.4) is 0 Å². The zero-order valence-electron chi connectivity index (χ0n) is 10.3. The zero-order valence-corrected chi connectivity index (χ0v) is 10.3. The number of hydrogen-bond acceptors (Lipinski definition) is 2. The minimum Gasteiger partial charge on any atom is -0.355 e. The van der Waals surface area contributed by atoms with E-state index < -0.39 is 0 Å². The molecule has 0 rings (SSSR count). The summed E-state index contributed by atoms with van der Waals surface area (Å²) in [6.07, 6.45) is 12.1. The maximum Gasteiger partial charge on any atom is 0.0219 e. The summed E-state index contributed by atoms with van der Waals surface area (Å²) in [7, 11) is 0. The Morgan fingerprint density at radius 3 is 1.12 bits per heavy atom. The Bertz CT molecular complexity index is 181. The van der Waals surface area contributed by atoms with E-state index in [1.165, 1.54) is 25.7 Å². The fraction of sp³-hybridized carbons (Fsp3) is 0.429. The minimum absolute atomic E-state index is 1.01. The highest BCUT2D eigenvalue weighted by Gasteiger charge is 1.95. The highest BCUT2D eigenvalue weighted by molar-refractivity contribution is 4.81. The largest absolute Gasteiger partial charge is 0.355 e. The third-order valence-electron chi connectivity index (χ3n) is 2.52. The molecule has 0 spiro atoms. The van der Waals surface area contributed by atoms with Crippen LogP contribution in [0.25, 0.3) is 0 Å². The van der Waals surface area contributed by atoms with E-state index in [1.807, 2.05) is 34.6 Å². The SMILES string of the molecule is C=CN(C=C)CCCCCCN(C=C)C=C. The average Bonchev–Trinajstić information content (AvgIpc) is 2.33. The van der Waals surface area contributed by atoms with Gasteiger partial charge in [-0.05, 0) is 37.6 Å². The Kier molecular flexibility index (Phi) is 9.18. The lowest BCUT2D eigenvalue weighted by molar-refractivity contribution is 0.444. The molecule has 0 aromatic carbocycles. The van der Waals surface area contributed by atoms with Crippen molar-refractivity contribution in [3.05, 3.63) is 51.1 Å². The van der Waals surface area contributed by atoms with Gasteiger partial charge in [0.2, 0.25) is 0 Å². The maximum absolute atomic E-state index is 3.72. The molecule has 0 aromatic heterocycles. The van der Waals surface area contributed by atoms with Crippen LogP contribution in [0, 0.1) is 0 Å². The summed E-state index contributed by atoms with van der Waals surface area (Å²) >= 11 is 0. The van der Waals surface area contributed by atoms with E-state index in [1.54, 1.807) is 0 Å². The van der Waals surface area contributed by atoms with E-state index in [4.69, 9.17) is 0 Å². The first-order valence-corrected chi connectivity index (χ1v) is 5.80. The van der Waals surface area contributed by atoms with Gasteiger partial charge in [0.1, 0.15) is 0 Å². The normalized spacial score (nSPS) is 9.25. The molecule has 0 aliphatic heterocycles. The molecule has 90 valence electrons.